The fraction of sp³-hybridized carbons (Fsp3) is 0.600. The summed E-state index contributed by atoms with van der Waals surface area (Å²) in [5.41, 5.74) is 0.0460. The van der Waals surface area contributed by atoms with Gasteiger partial charge in [0.25, 0.3) is 11.8 Å². The average molecular weight is 866 g/mol. The lowest BCUT2D eigenvalue weighted by atomic mass is 9.94. The number of imide groups is 1. The molecule has 3 saturated heterocycles. The molecule has 6 rings (SSSR count). The molecule has 336 valence electrons. The maximum Gasteiger partial charge on any atom is 0.338 e. The number of unbranched alkanes of at least 4 members (excludes halogenated alkanes) is 2. The molecule has 3 fully saturated rings. The van der Waals surface area contributed by atoms with E-state index in [0.29, 0.717) is 19.3 Å². The molecule has 4 aliphatic heterocycles. The standard InChI is InChI=1S/C40H51NO20/c1-54-25(44)14-6-3-9-15-55-38-26(41-35(51)20-12-7-8-13-21(20)36(41)52)33(29(47)23(17-43)57-38)61-40-34(60-37(53)19-10-4-2-5-11-19)31(49)28(46)24(59-40)18-56-39-32(50)30(48)27(45)22(16-42)58-39/h2,4-5,7-8,10-13,22-24,26-34,38-40,42-43,45-50H,3,6,9,14-18H2,1H3/t22-,23-,24-,26-,27+,28+,29-,30+,31+,32-,33-,34-,38-,39+,40+/m1/s1. The summed E-state index contributed by atoms with van der Waals surface area (Å²) in [5, 5.41) is 85.6. The number of esters is 2. The van der Waals surface area contributed by atoms with Crippen molar-refractivity contribution in [2.45, 2.75) is 118 Å². The number of benzene rings is 2. The molecule has 0 aromatic heterocycles. The van der Waals surface area contributed by atoms with Crippen LogP contribution >= 0.6 is 0 Å². The molecule has 0 radical (unpaired) electrons. The van der Waals surface area contributed by atoms with Crippen molar-refractivity contribution in [1.82, 2.24) is 4.90 Å². The van der Waals surface area contributed by atoms with Gasteiger partial charge in [0.1, 0.15) is 67.1 Å². The molecule has 0 bridgehead atoms. The highest BCUT2D eigenvalue weighted by Crippen LogP contribution is 2.37. The molecule has 2 amide bonds. The highest BCUT2D eigenvalue weighted by atomic mass is 16.8. The van der Waals surface area contributed by atoms with Gasteiger partial charge in [0.2, 0.25) is 0 Å². The maximum absolute atomic E-state index is 14.0. The second-order valence-electron chi connectivity index (χ2n) is 14.9. The van der Waals surface area contributed by atoms with Crippen molar-refractivity contribution in [3.05, 3.63) is 71.3 Å². The van der Waals surface area contributed by atoms with Gasteiger partial charge >= 0.3 is 11.9 Å². The summed E-state index contributed by atoms with van der Waals surface area (Å²) in [6.45, 7) is -2.40. The first kappa shape index (κ1) is 46.5. The van der Waals surface area contributed by atoms with Crippen LogP contribution in [0.15, 0.2) is 54.6 Å². The first-order valence-electron chi connectivity index (χ1n) is 19.8. The molecule has 21 nitrogen and oxygen atoms in total. The number of aliphatic hydroxyl groups is 8. The Hall–Kier alpha value is -4.04. The lowest BCUT2D eigenvalue weighted by Crippen LogP contribution is -2.69. The summed E-state index contributed by atoms with van der Waals surface area (Å²) in [6, 6.07) is 11.8. The number of hydrogen-bond acceptors (Lipinski definition) is 20. The van der Waals surface area contributed by atoms with E-state index in [1.54, 1.807) is 30.3 Å². The predicted molar refractivity (Wildman–Crippen MR) is 200 cm³/mol. The number of nitrogens with zero attached hydrogens (tertiary/aromatic N) is 1. The number of hydrogen-bond donors (Lipinski definition) is 8. The number of carbonyl (C=O) groups is 4. The molecule has 4 heterocycles. The Morgan fingerprint density at radius 2 is 1.23 bits per heavy atom. The first-order chi connectivity index (χ1) is 29.3. The van der Waals surface area contributed by atoms with Gasteiger partial charge in [-0.25, -0.2) is 4.79 Å². The molecule has 0 saturated carbocycles. The van der Waals surface area contributed by atoms with E-state index in [2.05, 4.69) is 4.74 Å². The van der Waals surface area contributed by atoms with Crippen LogP contribution in [0.5, 0.6) is 0 Å². The maximum atomic E-state index is 14.0. The monoisotopic (exact) mass is 865 g/mol. The minimum Gasteiger partial charge on any atom is -0.469 e. The summed E-state index contributed by atoms with van der Waals surface area (Å²) in [6.07, 6.45) is -23.2. The lowest BCUT2D eigenvalue weighted by molar-refractivity contribution is -0.356. The Morgan fingerprint density at radius 3 is 1.87 bits per heavy atom. The first-order valence-corrected chi connectivity index (χ1v) is 19.8. The van der Waals surface area contributed by atoms with Gasteiger partial charge in [0, 0.05) is 13.0 Å². The molecular formula is C40H51NO20. The Morgan fingerprint density at radius 1 is 0.639 bits per heavy atom. The van der Waals surface area contributed by atoms with Gasteiger partial charge in [0.05, 0.1) is 43.6 Å². The quantitative estimate of drug-likeness (QED) is 0.0458. The number of rotatable bonds is 17. The normalized spacial score (nSPS) is 35.2. The van der Waals surface area contributed by atoms with Crippen LogP contribution in [0, 0.1) is 0 Å². The third kappa shape index (κ3) is 10.1. The molecule has 15 atom stereocenters. The SMILES string of the molecule is COC(=O)CCCCCO[C@@H]1O[C@H](CO)[C@@H](O)[C@H](O[C@@H]2O[C@H](CO[C@H]3O[C@H](CO)[C@H](O)[C@H](O)[C@H]3O)[C@H](O)[C@H](O)[C@H]2OC(=O)c2ccccc2)[C@H]1N1C(=O)c2ccccc2C1=O. The largest absolute Gasteiger partial charge is 0.469 e. The highest BCUT2D eigenvalue weighted by Gasteiger charge is 2.57. The highest BCUT2D eigenvalue weighted by molar-refractivity contribution is 6.21. The van der Waals surface area contributed by atoms with Crippen LogP contribution in [0.2, 0.25) is 0 Å². The van der Waals surface area contributed by atoms with Crippen LogP contribution in [-0.2, 0) is 42.7 Å². The summed E-state index contributed by atoms with van der Waals surface area (Å²) in [5.74, 6) is -3.04. The van der Waals surface area contributed by atoms with E-state index in [-0.39, 0.29) is 29.7 Å². The number of methoxy groups -OCH3 is 1. The van der Waals surface area contributed by atoms with Crippen LogP contribution in [0.25, 0.3) is 0 Å². The molecule has 2 aromatic rings. The zero-order valence-corrected chi connectivity index (χ0v) is 32.9. The Labute approximate surface area is 348 Å². The fourth-order valence-corrected chi connectivity index (χ4v) is 7.54. The average Bonchev–Trinajstić information content (AvgIpc) is 3.52. The smallest absolute Gasteiger partial charge is 0.338 e. The minimum absolute atomic E-state index is 0.0131. The number of ether oxygens (including phenoxy) is 8. The second kappa shape index (κ2) is 20.9. The summed E-state index contributed by atoms with van der Waals surface area (Å²) in [4.78, 5) is 53.8. The minimum atomic E-state index is -2.03. The Kier molecular flexibility index (Phi) is 15.9. The van der Waals surface area contributed by atoms with Crippen molar-refractivity contribution in [1.29, 1.82) is 0 Å². The molecule has 4 aliphatic rings. The van der Waals surface area contributed by atoms with Crippen LogP contribution in [0.1, 0.15) is 56.8 Å². The zero-order valence-electron chi connectivity index (χ0n) is 32.9. The second-order valence-corrected chi connectivity index (χ2v) is 14.9. The number of carbonyl (C=O) groups excluding carboxylic acids is 4. The fourth-order valence-electron chi connectivity index (χ4n) is 7.54. The van der Waals surface area contributed by atoms with Crippen LogP contribution in [0.4, 0.5) is 0 Å². The molecular weight excluding hydrogens is 814 g/mol. The molecule has 8 N–H and O–H groups in total. The number of fused-ring (bicyclic) bond motifs is 1. The van der Waals surface area contributed by atoms with E-state index in [1.165, 1.54) is 31.4 Å². The predicted octanol–water partition coefficient (Wildman–Crippen LogP) is -2.65. The van der Waals surface area contributed by atoms with Gasteiger partial charge in [-0.3, -0.25) is 19.3 Å². The van der Waals surface area contributed by atoms with Crippen LogP contribution in [0.3, 0.4) is 0 Å². The van der Waals surface area contributed by atoms with E-state index in [0.717, 1.165) is 4.90 Å². The molecule has 0 unspecified atom stereocenters. The lowest BCUT2D eigenvalue weighted by Gasteiger charge is -2.49. The third-order valence-electron chi connectivity index (χ3n) is 10.9. The topological polar surface area (TPSA) is 307 Å². The Balaban J connectivity index is 1.32. The van der Waals surface area contributed by atoms with Crippen molar-refractivity contribution in [2.24, 2.45) is 0 Å². The van der Waals surface area contributed by atoms with Gasteiger partial charge in [-0.15, -0.1) is 0 Å². The number of amides is 2. The van der Waals surface area contributed by atoms with Crippen molar-refractivity contribution < 1.29 is 97.9 Å². The molecule has 0 aliphatic carbocycles. The van der Waals surface area contributed by atoms with E-state index >= 15 is 0 Å². The van der Waals surface area contributed by atoms with E-state index < -0.39 is 136 Å². The summed E-state index contributed by atoms with van der Waals surface area (Å²) in [7, 11) is 1.27. The summed E-state index contributed by atoms with van der Waals surface area (Å²) < 4.78 is 45.8. The van der Waals surface area contributed by atoms with Gasteiger partial charge in [-0.1, -0.05) is 36.8 Å². The van der Waals surface area contributed by atoms with Crippen molar-refractivity contribution in [2.75, 3.05) is 33.5 Å². The van der Waals surface area contributed by atoms with Gasteiger partial charge in [-0.2, -0.15) is 0 Å². The van der Waals surface area contributed by atoms with Gasteiger partial charge < -0.3 is 78.7 Å². The molecule has 61 heavy (non-hydrogen) atoms. The van der Waals surface area contributed by atoms with Gasteiger partial charge in [0.15, 0.2) is 25.0 Å². The molecule has 21 heteroatoms. The molecule has 0 spiro atoms. The zero-order chi connectivity index (χ0) is 44.0. The van der Waals surface area contributed by atoms with Crippen LogP contribution in [-0.4, -0.2) is 195 Å². The Bertz CT molecular complexity index is 1770. The van der Waals surface area contributed by atoms with E-state index in [4.69, 9.17) is 33.2 Å². The third-order valence-corrected chi connectivity index (χ3v) is 10.9. The van der Waals surface area contributed by atoms with Crippen molar-refractivity contribution >= 4 is 23.8 Å². The van der Waals surface area contributed by atoms with E-state index in [1.807, 2.05) is 0 Å². The van der Waals surface area contributed by atoms with Crippen LogP contribution < -0.4 is 0 Å². The summed E-state index contributed by atoms with van der Waals surface area (Å²) >= 11 is 0. The number of aliphatic hydroxyl groups excluding tert-OH is 8. The molecule has 2 aromatic carbocycles. The van der Waals surface area contributed by atoms with Crippen molar-refractivity contribution in [3.63, 3.8) is 0 Å². The van der Waals surface area contributed by atoms with Crippen molar-refractivity contribution in [3.8, 4) is 0 Å². The van der Waals surface area contributed by atoms with Gasteiger partial charge in [-0.05, 0) is 37.1 Å². The van der Waals surface area contributed by atoms with E-state index in [9.17, 15) is 60.0 Å².